The van der Waals surface area contributed by atoms with Gasteiger partial charge in [0.15, 0.2) is 0 Å². The van der Waals surface area contributed by atoms with Gasteiger partial charge in [0.25, 0.3) is 0 Å². The molecule has 0 spiro atoms. The highest BCUT2D eigenvalue weighted by Crippen LogP contribution is 2.34. The summed E-state index contributed by atoms with van der Waals surface area (Å²) in [4.78, 5) is 0. The molecule has 0 saturated carbocycles. The van der Waals surface area contributed by atoms with Crippen LogP contribution in [0.1, 0.15) is 44.2 Å². The van der Waals surface area contributed by atoms with Gasteiger partial charge in [0.1, 0.15) is 5.75 Å². The van der Waals surface area contributed by atoms with Gasteiger partial charge in [0, 0.05) is 24.2 Å². The van der Waals surface area contributed by atoms with Crippen LogP contribution < -0.4 is 4.74 Å². The highest BCUT2D eigenvalue weighted by atomic mass is 35.5. The normalized spacial score (nSPS) is 11.4. The van der Waals surface area contributed by atoms with Gasteiger partial charge in [0.05, 0.1) is 6.61 Å². The van der Waals surface area contributed by atoms with Gasteiger partial charge in [-0.3, -0.25) is 0 Å². The first-order valence-corrected chi connectivity index (χ1v) is 7.58. The van der Waals surface area contributed by atoms with Gasteiger partial charge in [-0.15, -0.1) is 0 Å². The molecule has 0 amide bonds. The summed E-state index contributed by atoms with van der Waals surface area (Å²) in [6.45, 7) is 6.80. The van der Waals surface area contributed by atoms with Crippen molar-refractivity contribution < 1.29 is 14.9 Å². The van der Waals surface area contributed by atoms with Gasteiger partial charge in [-0.2, -0.15) is 0 Å². The fourth-order valence-corrected chi connectivity index (χ4v) is 2.46. The van der Waals surface area contributed by atoms with Crippen LogP contribution >= 0.6 is 11.6 Å². The molecule has 0 aliphatic rings. The molecule has 0 saturated heterocycles. The molecule has 0 aliphatic carbocycles. The summed E-state index contributed by atoms with van der Waals surface area (Å²) >= 11 is 6.19. The molecule has 2 N–H and O–H groups in total. The molecule has 0 fully saturated rings. The Labute approximate surface area is 126 Å². The first-order chi connectivity index (χ1) is 9.53. The van der Waals surface area contributed by atoms with E-state index in [0.717, 1.165) is 23.3 Å². The summed E-state index contributed by atoms with van der Waals surface area (Å²) in [5.74, 6) is 1.15. The minimum Gasteiger partial charge on any atom is -0.493 e. The van der Waals surface area contributed by atoms with E-state index >= 15 is 0 Å². The average Bonchev–Trinajstić information content (AvgIpc) is 2.42. The lowest BCUT2D eigenvalue weighted by Gasteiger charge is -2.19. The van der Waals surface area contributed by atoms with Crippen molar-refractivity contribution in [2.75, 3.05) is 19.8 Å². The van der Waals surface area contributed by atoms with Crippen LogP contribution in [-0.2, 0) is 6.42 Å². The van der Waals surface area contributed by atoms with Crippen LogP contribution in [0.5, 0.6) is 5.75 Å². The van der Waals surface area contributed by atoms with Crippen molar-refractivity contribution in [3.8, 4) is 5.75 Å². The van der Waals surface area contributed by atoms with Crippen molar-refractivity contribution in [1.82, 2.24) is 0 Å². The number of hydrogen-bond acceptors (Lipinski definition) is 3. The van der Waals surface area contributed by atoms with Gasteiger partial charge in [-0.1, -0.05) is 25.4 Å². The van der Waals surface area contributed by atoms with Crippen molar-refractivity contribution in [1.29, 1.82) is 0 Å². The van der Waals surface area contributed by atoms with Crippen molar-refractivity contribution in [3.63, 3.8) is 0 Å². The van der Waals surface area contributed by atoms with Crippen molar-refractivity contribution in [3.05, 3.63) is 28.3 Å². The molecule has 0 aliphatic heterocycles. The number of benzene rings is 1. The minimum atomic E-state index is -0.0917. The Morgan fingerprint density at radius 1 is 1.20 bits per heavy atom. The third-order valence-corrected chi connectivity index (χ3v) is 3.63. The maximum atomic E-state index is 9.16. The van der Waals surface area contributed by atoms with Gasteiger partial charge >= 0.3 is 0 Å². The van der Waals surface area contributed by atoms with Crippen LogP contribution in [0.4, 0.5) is 0 Å². The maximum Gasteiger partial charge on any atom is 0.126 e. The molecule has 0 bridgehead atoms. The second kappa shape index (κ2) is 8.50. The highest BCUT2D eigenvalue weighted by molar-refractivity contribution is 6.30. The van der Waals surface area contributed by atoms with Crippen molar-refractivity contribution in [2.45, 2.75) is 39.5 Å². The van der Waals surface area contributed by atoms with Crippen LogP contribution in [0.2, 0.25) is 5.02 Å². The van der Waals surface area contributed by atoms with Crippen molar-refractivity contribution in [2.24, 2.45) is 5.92 Å². The maximum absolute atomic E-state index is 9.16. The first-order valence-electron chi connectivity index (χ1n) is 7.20. The fraction of sp³-hybridized carbons (Fsp3) is 0.625. The Bertz CT molecular complexity index is 414. The van der Waals surface area contributed by atoms with Gasteiger partial charge in [-0.05, 0) is 48.9 Å². The molecule has 20 heavy (non-hydrogen) atoms. The number of aryl methyl sites for hydroxylation is 1. The number of ether oxygens (including phenoxy) is 1. The SMILES string of the molecule is CCOc1c(CCC(CO)CO)cc(Cl)cc1C(C)C. The summed E-state index contributed by atoms with van der Waals surface area (Å²) < 4.78 is 5.80. The van der Waals surface area contributed by atoms with Crippen LogP contribution in [0.25, 0.3) is 0 Å². The van der Waals surface area contributed by atoms with Crippen LogP contribution in [0.15, 0.2) is 12.1 Å². The van der Waals surface area contributed by atoms with Crippen LogP contribution in [0.3, 0.4) is 0 Å². The molecule has 4 heteroatoms. The summed E-state index contributed by atoms with van der Waals surface area (Å²) in [5.41, 5.74) is 2.16. The Kier molecular flexibility index (Phi) is 7.35. The van der Waals surface area contributed by atoms with E-state index in [1.54, 1.807) is 0 Å². The second-order valence-electron chi connectivity index (χ2n) is 5.34. The lowest BCUT2D eigenvalue weighted by molar-refractivity contribution is 0.144. The summed E-state index contributed by atoms with van der Waals surface area (Å²) in [7, 11) is 0. The number of aliphatic hydroxyl groups is 2. The monoisotopic (exact) mass is 300 g/mol. The molecular weight excluding hydrogens is 276 g/mol. The van der Waals surface area contributed by atoms with E-state index in [9.17, 15) is 0 Å². The molecule has 0 heterocycles. The summed E-state index contributed by atoms with van der Waals surface area (Å²) in [6.07, 6.45) is 1.45. The topological polar surface area (TPSA) is 49.7 Å². The van der Waals surface area contributed by atoms with Crippen LogP contribution in [-0.4, -0.2) is 30.0 Å². The lowest BCUT2D eigenvalue weighted by Crippen LogP contribution is -2.12. The second-order valence-corrected chi connectivity index (χ2v) is 5.78. The van der Waals surface area contributed by atoms with E-state index < -0.39 is 0 Å². The predicted octanol–water partition coefficient (Wildman–Crippen LogP) is 3.40. The van der Waals surface area contributed by atoms with E-state index in [2.05, 4.69) is 13.8 Å². The van der Waals surface area contributed by atoms with Gasteiger partial charge in [-0.25, -0.2) is 0 Å². The molecule has 1 rings (SSSR count). The molecular formula is C16H25ClO3. The summed E-state index contributed by atoms with van der Waals surface area (Å²) in [6, 6.07) is 3.88. The number of aliphatic hydroxyl groups excluding tert-OH is 2. The van der Waals surface area contributed by atoms with Crippen molar-refractivity contribution >= 4 is 11.6 Å². The largest absolute Gasteiger partial charge is 0.493 e. The van der Waals surface area contributed by atoms with Crippen LogP contribution in [0, 0.1) is 5.92 Å². The zero-order valence-electron chi connectivity index (χ0n) is 12.5. The Hall–Kier alpha value is -0.770. The van der Waals surface area contributed by atoms with E-state index in [0.29, 0.717) is 24.0 Å². The number of hydrogen-bond donors (Lipinski definition) is 2. The van der Waals surface area contributed by atoms with Gasteiger partial charge < -0.3 is 14.9 Å². The molecule has 0 atom stereocenters. The zero-order chi connectivity index (χ0) is 15.1. The first kappa shape index (κ1) is 17.3. The molecule has 0 unspecified atom stereocenters. The molecule has 0 aromatic heterocycles. The lowest BCUT2D eigenvalue weighted by atomic mass is 9.94. The number of rotatable bonds is 8. The van der Waals surface area contributed by atoms with E-state index in [4.69, 9.17) is 26.6 Å². The Morgan fingerprint density at radius 3 is 2.35 bits per heavy atom. The molecule has 3 nitrogen and oxygen atoms in total. The van der Waals surface area contributed by atoms with E-state index in [1.165, 1.54) is 0 Å². The zero-order valence-corrected chi connectivity index (χ0v) is 13.3. The van der Waals surface area contributed by atoms with E-state index in [1.807, 2.05) is 19.1 Å². The molecule has 1 aromatic carbocycles. The third-order valence-electron chi connectivity index (χ3n) is 3.41. The molecule has 114 valence electrons. The highest BCUT2D eigenvalue weighted by Gasteiger charge is 2.16. The minimum absolute atomic E-state index is 0.00191. The quantitative estimate of drug-likeness (QED) is 0.773. The third kappa shape index (κ3) is 4.65. The predicted molar refractivity (Wildman–Crippen MR) is 82.7 cm³/mol. The number of halogens is 1. The standard InChI is InChI=1S/C16H25ClO3/c1-4-20-16-13(6-5-12(9-18)10-19)7-14(17)8-15(16)11(2)3/h7-8,11-12,18-19H,4-6,9-10H2,1-3H3. The fourth-order valence-electron chi connectivity index (χ4n) is 2.21. The average molecular weight is 301 g/mol. The Balaban J connectivity index is 3.03. The smallest absolute Gasteiger partial charge is 0.126 e. The summed E-state index contributed by atoms with van der Waals surface area (Å²) in [5, 5.41) is 19.0. The van der Waals surface area contributed by atoms with E-state index in [-0.39, 0.29) is 19.1 Å². The Morgan fingerprint density at radius 2 is 1.85 bits per heavy atom. The van der Waals surface area contributed by atoms with Gasteiger partial charge in [0.2, 0.25) is 0 Å². The molecule has 0 radical (unpaired) electrons. The molecule has 1 aromatic rings.